The summed E-state index contributed by atoms with van der Waals surface area (Å²) in [4.78, 5) is 15.6. The number of rotatable bonds is 8. The molecule has 3 nitrogen and oxygen atoms in total. The van der Waals surface area contributed by atoms with Crippen molar-refractivity contribution in [1.82, 2.24) is 4.90 Å². The van der Waals surface area contributed by atoms with Gasteiger partial charge in [0.05, 0.1) is 6.61 Å². The predicted molar refractivity (Wildman–Crippen MR) is 106 cm³/mol. The van der Waals surface area contributed by atoms with Crippen LogP contribution in [0.5, 0.6) is 0 Å². The molecule has 0 aliphatic heterocycles. The summed E-state index contributed by atoms with van der Waals surface area (Å²) >= 11 is 0. The third-order valence-electron chi connectivity index (χ3n) is 6.19. The molecule has 0 N–H and O–H groups in total. The molecule has 2 rings (SSSR count). The van der Waals surface area contributed by atoms with E-state index in [2.05, 4.69) is 44.7 Å². The number of nitrogens with zero attached hydrogens (tertiary/aromatic N) is 1. The molecule has 4 heteroatoms. The Morgan fingerprint density at radius 1 is 1.08 bits per heavy atom. The van der Waals surface area contributed by atoms with Crippen LogP contribution in [-0.4, -0.2) is 36.6 Å². The van der Waals surface area contributed by atoms with E-state index in [1.165, 1.54) is 0 Å². The van der Waals surface area contributed by atoms with Gasteiger partial charge in [0.2, 0.25) is 0 Å². The second kappa shape index (κ2) is 9.05. The molecule has 1 fully saturated rings. The Hall–Kier alpha value is -1.06. The first kappa shape index (κ1) is 22.0. The van der Waals surface area contributed by atoms with E-state index in [4.69, 9.17) is 4.74 Å². The maximum absolute atomic E-state index is 13.2. The van der Waals surface area contributed by atoms with Gasteiger partial charge in [0.1, 0.15) is 5.41 Å². The van der Waals surface area contributed by atoms with Gasteiger partial charge in [-0.05, 0) is 50.3 Å². The Bertz CT molecular complexity index is 540. The fraction of sp³-hybridized carbons (Fsp3) is 0.667. The maximum Gasteiger partial charge on any atom is 0.318 e. The van der Waals surface area contributed by atoms with E-state index < -0.39 is 5.41 Å². The van der Waals surface area contributed by atoms with Crippen LogP contribution in [0.3, 0.4) is 0 Å². The average Bonchev–Trinajstić information content (AvgIpc) is 2.61. The third kappa shape index (κ3) is 3.46. The predicted octanol–water partition coefficient (Wildman–Crippen LogP) is 4.83. The molecular formula is C21H34ClNO2. The highest BCUT2D eigenvalue weighted by Gasteiger charge is 2.68. The number of hydrogen-bond donors (Lipinski definition) is 0. The largest absolute Gasteiger partial charge is 0.465 e. The highest BCUT2D eigenvalue weighted by atomic mass is 35.5. The SMILES string of the molecule is CCOC(=O)C1(c2ccccc2)CC(CC)(CC)C1N(CC)CC.Cl. The molecule has 1 aliphatic carbocycles. The molecule has 0 heterocycles. The molecule has 1 aromatic rings. The maximum atomic E-state index is 13.2. The minimum Gasteiger partial charge on any atom is -0.465 e. The number of likely N-dealkylation sites (N-methyl/N-ethyl adjacent to an activating group) is 1. The van der Waals surface area contributed by atoms with Crippen molar-refractivity contribution in [2.24, 2.45) is 5.41 Å². The number of carbonyl (C=O) groups is 1. The molecule has 142 valence electrons. The Morgan fingerprint density at radius 2 is 1.64 bits per heavy atom. The lowest BCUT2D eigenvalue weighted by molar-refractivity contribution is -0.178. The summed E-state index contributed by atoms with van der Waals surface area (Å²) in [6.45, 7) is 13.2. The van der Waals surface area contributed by atoms with Gasteiger partial charge >= 0.3 is 5.97 Å². The normalized spacial score (nSPS) is 24.3. The molecule has 0 aromatic heterocycles. The number of benzene rings is 1. The van der Waals surface area contributed by atoms with Crippen LogP contribution >= 0.6 is 12.4 Å². The first-order valence-electron chi connectivity index (χ1n) is 9.53. The molecule has 1 aromatic carbocycles. The minimum atomic E-state index is -0.532. The molecule has 25 heavy (non-hydrogen) atoms. The van der Waals surface area contributed by atoms with Crippen molar-refractivity contribution in [3.63, 3.8) is 0 Å². The van der Waals surface area contributed by atoms with Gasteiger partial charge in [0.25, 0.3) is 0 Å². The van der Waals surface area contributed by atoms with Crippen molar-refractivity contribution in [3.8, 4) is 0 Å². The van der Waals surface area contributed by atoms with Gasteiger partial charge in [0, 0.05) is 6.04 Å². The van der Waals surface area contributed by atoms with Crippen molar-refractivity contribution < 1.29 is 9.53 Å². The Balaban J connectivity index is 0.00000312. The Kier molecular flexibility index (Phi) is 7.95. The number of hydrogen-bond acceptors (Lipinski definition) is 3. The highest BCUT2D eigenvalue weighted by Crippen LogP contribution is 2.61. The summed E-state index contributed by atoms with van der Waals surface area (Å²) in [5.41, 5.74) is 0.766. The molecule has 0 spiro atoms. The van der Waals surface area contributed by atoms with Crippen LogP contribution in [0.25, 0.3) is 0 Å². The number of halogens is 1. The van der Waals surface area contributed by atoms with Gasteiger partial charge in [0.15, 0.2) is 0 Å². The van der Waals surface area contributed by atoms with Gasteiger partial charge < -0.3 is 4.74 Å². The molecule has 0 bridgehead atoms. The minimum absolute atomic E-state index is 0. The quantitative estimate of drug-likeness (QED) is 0.616. The van der Waals surface area contributed by atoms with Crippen LogP contribution in [-0.2, 0) is 14.9 Å². The van der Waals surface area contributed by atoms with Gasteiger partial charge in [-0.2, -0.15) is 0 Å². The van der Waals surface area contributed by atoms with Crippen LogP contribution in [0.2, 0.25) is 0 Å². The number of carbonyl (C=O) groups excluding carboxylic acids is 1. The Labute approximate surface area is 159 Å². The van der Waals surface area contributed by atoms with E-state index >= 15 is 0 Å². The topological polar surface area (TPSA) is 29.5 Å². The molecule has 0 amide bonds. The zero-order valence-electron chi connectivity index (χ0n) is 16.4. The summed E-state index contributed by atoms with van der Waals surface area (Å²) < 4.78 is 5.59. The smallest absolute Gasteiger partial charge is 0.318 e. The van der Waals surface area contributed by atoms with Gasteiger partial charge in [-0.1, -0.05) is 58.0 Å². The van der Waals surface area contributed by atoms with Crippen LogP contribution < -0.4 is 0 Å². The molecular weight excluding hydrogens is 334 g/mol. The fourth-order valence-electron chi connectivity index (χ4n) is 4.87. The summed E-state index contributed by atoms with van der Waals surface area (Å²) in [5.74, 6) is -0.0503. The van der Waals surface area contributed by atoms with Crippen molar-refractivity contribution in [3.05, 3.63) is 35.9 Å². The van der Waals surface area contributed by atoms with Crippen molar-refractivity contribution in [2.75, 3.05) is 19.7 Å². The second-order valence-electron chi connectivity index (χ2n) is 6.93. The van der Waals surface area contributed by atoms with Crippen LogP contribution in [0, 0.1) is 5.41 Å². The third-order valence-corrected chi connectivity index (χ3v) is 6.19. The van der Waals surface area contributed by atoms with Crippen LogP contribution in [0.4, 0.5) is 0 Å². The van der Waals surface area contributed by atoms with Crippen molar-refractivity contribution in [2.45, 2.75) is 65.3 Å². The molecule has 0 radical (unpaired) electrons. The average molecular weight is 368 g/mol. The standard InChI is InChI=1S/C21H33NO2.ClH/c1-6-20(7-2)16-21(19(23)24-10-5,17-14-12-11-13-15-17)18(20)22(8-3)9-4;/h11-15,18H,6-10,16H2,1-5H3;1H. The molecule has 1 aliphatic rings. The molecule has 2 atom stereocenters. The first-order chi connectivity index (χ1) is 11.6. The zero-order chi connectivity index (χ0) is 17.8. The van der Waals surface area contributed by atoms with Crippen molar-refractivity contribution >= 4 is 18.4 Å². The van der Waals surface area contributed by atoms with E-state index in [0.29, 0.717) is 6.61 Å². The lowest BCUT2D eigenvalue weighted by atomic mass is 9.44. The lowest BCUT2D eigenvalue weighted by Gasteiger charge is -2.64. The summed E-state index contributed by atoms with van der Waals surface area (Å²) in [6.07, 6.45) is 3.08. The van der Waals surface area contributed by atoms with E-state index in [1.54, 1.807) is 0 Å². The molecule has 0 saturated heterocycles. The Morgan fingerprint density at radius 3 is 2.08 bits per heavy atom. The first-order valence-corrected chi connectivity index (χ1v) is 9.53. The summed E-state index contributed by atoms with van der Waals surface area (Å²) in [5, 5.41) is 0. The van der Waals surface area contributed by atoms with E-state index in [9.17, 15) is 4.79 Å². The monoisotopic (exact) mass is 367 g/mol. The highest BCUT2D eigenvalue weighted by molar-refractivity contribution is 5.86. The zero-order valence-corrected chi connectivity index (χ0v) is 17.2. The van der Waals surface area contributed by atoms with E-state index in [0.717, 1.165) is 37.9 Å². The van der Waals surface area contributed by atoms with Gasteiger partial charge in [-0.3, -0.25) is 9.69 Å². The molecule has 1 saturated carbocycles. The van der Waals surface area contributed by atoms with E-state index in [1.807, 2.05) is 25.1 Å². The number of esters is 1. The fourth-order valence-corrected chi connectivity index (χ4v) is 4.87. The van der Waals surface area contributed by atoms with Crippen molar-refractivity contribution in [1.29, 1.82) is 0 Å². The van der Waals surface area contributed by atoms with Gasteiger partial charge in [-0.15, -0.1) is 12.4 Å². The van der Waals surface area contributed by atoms with Gasteiger partial charge in [-0.25, -0.2) is 0 Å². The van der Waals surface area contributed by atoms with Crippen LogP contribution in [0.15, 0.2) is 30.3 Å². The molecule has 2 unspecified atom stereocenters. The lowest BCUT2D eigenvalue weighted by Crippen LogP contribution is -2.72. The summed E-state index contributed by atoms with van der Waals surface area (Å²) in [6, 6.07) is 10.5. The second-order valence-corrected chi connectivity index (χ2v) is 6.93. The van der Waals surface area contributed by atoms with Crippen LogP contribution in [0.1, 0.15) is 59.4 Å². The van der Waals surface area contributed by atoms with E-state index in [-0.39, 0.29) is 29.8 Å². The summed E-state index contributed by atoms with van der Waals surface area (Å²) in [7, 11) is 0. The number of ether oxygens (including phenoxy) is 1.